The van der Waals surface area contributed by atoms with Crippen LogP contribution in [0.4, 0.5) is 17.6 Å². The van der Waals surface area contributed by atoms with E-state index in [0.717, 1.165) is 13.1 Å². The number of hydrogen-bond donors (Lipinski definition) is 2. The summed E-state index contributed by atoms with van der Waals surface area (Å²) in [7, 11) is 0. The van der Waals surface area contributed by atoms with Gasteiger partial charge in [0.1, 0.15) is 0 Å². The Morgan fingerprint density at radius 2 is 2.00 bits per heavy atom. The largest absolute Gasteiger partial charge is 0.754 e. The molecular weight excluding hydrogens is 182 g/mol. The molecular formula is C8H11N5O. The summed E-state index contributed by atoms with van der Waals surface area (Å²) >= 11 is 0. The van der Waals surface area contributed by atoms with Crippen molar-refractivity contribution in [2.24, 2.45) is 0 Å². The fraction of sp³-hybridized carbons (Fsp3) is 0.250. The van der Waals surface area contributed by atoms with Crippen LogP contribution in [0.5, 0.6) is 0 Å². The van der Waals surface area contributed by atoms with Crippen molar-refractivity contribution in [2.45, 2.75) is 0 Å². The predicted octanol–water partition coefficient (Wildman–Crippen LogP) is -0.744. The second kappa shape index (κ2) is 3.06. The van der Waals surface area contributed by atoms with Gasteiger partial charge in [-0.05, 0) is 0 Å². The van der Waals surface area contributed by atoms with E-state index < -0.39 is 0 Å². The molecule has 0 radical (unpaired) electrons. The van der Waals surface area contributed by atoms with Gasteiger partial charge in [0.2, 0.25) is 0 Å². The molecule has 0 amide bonds. The number of aromatic nitrogens is 2. The zero-order valence-electron chi connectivity index (χ0n) is 7.55. The van der Waals surface area contributed by atoms with E-state index in [1.54, 1.807) is 0 Å². The third kappa shape index (κ3) is 1.30. The molecule has 0 saturated heterocycles. The van der Waals surface area contributed by atoms with Crippen LogP contribution in [0.25, 0.3) is 0 Å². The summed E-state index contributed by atoms with van der Waals surface area (Å²) in [6.07, 6.45) is 4.04. The topological polar surface area (TPSA) is 95.1 Å². The van der Waals surface area contributed by atoms with Crippen molar-refractivity contribution < 1.29 is 4.73 Å². The van der Waals surface area contributed by atoms with Crippen LogP contribution < -0.4 is 21.1 Å². The van der Waals surface area contributed by atoms with E-state index in [1.807, 2.05) is 17.1 Å². The van der Waals surface area contributed by atoms with Gasteiger partial charge in [-0.3, -0.25) is 0 Å². The minimum Gasteiger partial charge on any atom is -0.754 e. The van der Waals surface area contributed by atoms with Gasteiger partial charge in [-0.25, -0.2) is 4.73 Å². The quantitative estimate of drug-likeness (QED) is 0.348. The normalized spacial score (nSPS) is 15.0. The number of hydrogen-bond acceptors (Lipinski definition) is 5. The molecule has 0 aliphatic carbocycles. The Labute approximate surface area is 81.0 Å². The lowest BCUT2D eigenvalue weighted by Crippen LogP contribution is -2.36. The summed E-state index contributed by atoms with van der Waals surface area (Å²) < 4.78 is 0.410. The Kier molecular flexibility index (Phi) is 1.88. The molecule has 0 bridgehead atoms. The summed E-state index contributed by atoms with van der Waals surface area (Å²) in [5.41, 5.74) is 10.9. The van der Waals surface area contributed by atoms with E-state index >= 15 is 0 Å². The molecule has 0 unspecified atom stereocenters. The van der Waals surface area contributed by atoms with Crippen LogP contribution in [0.1, 0.15) is 0 Å². The van der Waals surface area contributed by atoms with E-state index in [-0.39, 0.29) is 11.8 Å². The van der Waals surface area contributed by atoms with Gasteiger partial charge < -0.3 is 21.6 Å². The van der Waals surface area contributed by atoms with Crippen molar-refractivity contribution in [1.82, 2.24) is 4.98 Å². The molecule has 4 N–H and O–H groups in total. The molecule has 0 spiro atoms. The zero-order valence-corrected chi connectivity index (χ0v) is 7.55. The maximum atomic E-state index is 11.1. The highest BCUT2D eigenvalue weighted by molar-refractivity contribution is 5.49. The van der Waals surface area contributed by atoms with Gasteiger partial charge in [0.15, 0.2) is 11.6 Å². The Morgan fingerprint density at radius 1 is 1.36 bits per heavy atom. The van der Waals surface area contributed by atoms with Crippen molar-refractivity contribution in [1.29, 1.82) is 0 Å². The second-order valence-corrected chi connectivity index (χ2v) is 3.07. The van der Waals surface area contributed by atoms with Crippen LogP contribution in [-0.2, 0) is 0 Å². The average molecular weight is 193 g/mol. The summed E-state index contributed by atoms with van der Waals surface area (Å²) in [6.45, 7) is 1.55. The van der Waals surface area contributed by atoms with Crippen molar-refractivity contribution in [3.05, 3.63) is 23.4 Å². The highest BCUT2D eigenvalue weighted by Gasteiger charge is 2.15. The van der Waals surface area contributed by atoms with Gasteiger partial charge in [-0.15, -0.1) is 0 Å². The summed E-state index contributed by atoms with van der Waals surface area (Å²) in [5.74, 6) is 0.586. The molecule has 0 atom stereocenters. The first-order valence-electron chi connectivity index (χ1n) is 4.24. The van der Waals surface area contributed by atoms with Crippen LogP contribution in [0.15, 0.2) is 18.2 Å². The number of rotatable bonds is 1. The maximum Gasteiger partial charge on any atom is 0.346 e. The van der Waals surface area contributed by atoms with Crippen molar-refractivity contribution in [2.75, 3.05) is 29.5 Å². The van der Waals surface area contributed by atoms with E-state index in [1.165, 1.54) is 6.07 Å². The first-order chi connectivity index (χ1) is 6.68. The van der Waals surface area contributed by atoms with Crippen molar-refractivity contribution in [3.8, 4) is 0 Å². The van der Waals surface area contributed by atoms with Crippen LogP contribution in [0.3, 0.4) is 0 Å². The monoisotopic (exact) mass is 193 g/mol. The molecule has 6 nitrogen and oxygen atoms in total. The van der Waals surface area contributed by atoms with Gasteiger partial charge in [0.25, 0.3) is 0 Å². The van der Waals surface area contributed by atoms with E-state index in [0.29, 0.717) is 10.5 Å². The molecule has 1 aromatic heterocycles. The highest BCUT2D eigenvalue weighted by Crippen LogP contribution is 2.15. The first kappa shape index (κ1) is 8.61. The first-order valence-corrected chi connectivity index (χ1v) is 4.24. The minimum atomic E-state index is -0.119. The molecule has 0 fully saturated rings. The van der Waals surface area contributed by atoms with Crippen LogP contribution in [0.2, 0.25) is 0 Å². The lowest BCUT2D eigenvalue weighted by atomic mass is 10.4. The standard InChI is InChI=1S/C8H11N5O/c9-6-5-7(11-8(10)13(6)14)12-3-1-2-4-12/h1-2,5H,3-4,9H2,(H2,10,11). The van der Waals surface area contributed by atoms with E-state index in [2.05, 4.69) is 4.98 Å². The Balaban J connectivity index is 2.35. The fourth-order valence-corrected chi connectivity index (χ4v) is 1.35. The molecule has 74 valence electrons. The summed E-state index contributed by atoms with van der Waals surface area (Å²) in [6, 6.07) is 1.52. The van der Waals surface area contributed by atoms with Crippen LogP contribution in [-0.4, -0.2) is 18.1 Å². The molecule has 1 aromatic rings. The molecule has 0 saturated carbocycles. The van der Waals surface area contributed by atoms with E-state index in [9.17, 15) is 5.21 Å². The van der Waals surface area contributed by atoms with Crippen molar-refractivity contribution >= 4 is 17.6 Å². The van der Waals surface area contributed by atoms with Gasteiger partial charge in [-0.2, -0.15) is 0 Å². The third-order valence-corrected chi connectivity index (χ3v) is 2.09. The zero-order chi connectivity index (χ0) is 10.1. The van der Waals surface area contributed by atoms with Gasteiger partial charge in [0, 0.05) is 13.1 Å². The molecule has 2 heterocycles. The fourth-order valence-electron chi connectivity index (χ4n) is 1.35. The second-order valence-electron chi connectivity index (χ2n) is 3.07. The SMILES string of the molecule is Nc1cc(N2CC=CC2)nc(N)[n+]1[O-]. The van der Waals surface area contributed by atoms with Gasteiger partial charge in [0.05, 0.1) is 6.07 Å². The minimum absolute atomic E-state index is 0.0689. The number of nitrogen functional groups attached to an aromatic ring is 2. The van der Waals surface area contributed by atoms with Gasteiger partial charge >= 0.3 is 5.95 Å². The molecule has 1 aliphatic rings. The Morgan fingerprint density at radius 3 is 2.57 bits per heavy atom. The molecule has 6 heteroatoms. The average Bonchev–Trinajstić information content (AvgIpc) is 2.66. The highest BCUT2D eigenvalue weighted by atomic mass is 16.5. The maximum absolute atomic E-state index is 11.1. The Bertz CT molecular complexity index is 358. The number of anilines is 3. The third-order valence-electron chi connectivity index (χ3n) is 2.09. The molecule has 0 aromatic carbocycles. The smallest absolute Gasteiger partial charge is 0.346 e. The van der Waals surface area contributed by atoms with E-state index in [4.69, 9.17) is 11.5 Å². The van der Waals surface area contributed by atoms with Gasteiger partial charge in [-0.1, -0.05) is 17.1 Å². The molecule has 14 heavy (non-hydrogen) atoms. The predicted molar refractivity (Wildman–Crippen MR) is 53.4 cm³/mol. The van der Waals surface area contributed by atoms with Crippen molar-refractivity contribution in [3.63, 3.8) is 0 Å². The number of nitrogens with two attached hydrogens (primary N) is 2. The lowest BCUT2D eigenvalue weighted by Gasteiger charge is -2.16. The molecule has 1 aliphatic heterocycles. The lowest BCUT2D eigenvalue weighted by molar-refractivity contribution is -0.576. The van der Waals surface area contributed by atoms with Crippen LogP contribution >= 0.6 is 0 Å². The summed E-state index contributed by atoms with van der Waals surface area (Å²) in [4.78, 5) is 5.91. The number of nitrogens with zero attached hydrogens (tertiary/aromatic N) is 3. The van der Waals surface area contributed by atoms with Crippen LogP contribution in [0, 0.1) is 5.21 Å². The Hall–Kier alpha value is -1.98. The summed E-state index contributed by atoms with van der Waals surface area (Å²) in [5, 5.41) is 11.1. The molecule has 2 rings (SSSR count).